The molecule has 0 radical (unpaired) electrons. The summed E-state index contributed by atoms with van der Waals surface area (Å²) in [6, 6.07) is 1.18. The van der Waals surface area contributed by atoms with Crippen LogP contribution in [0, 0.1) is 18.8 Å². The maximum absolute atomic E-state index is 4.68. The van der Waals surface area contributed by atoms with Crippen molar-refractivity contribution in [2.45, 2.75) is 58.0 Å². The molecule has 0 spiro atoms. The number of hydrogen-bond donors (Lipinski definition) is 1. The number of nitrogens with zero attached hydrogens (tertiary/aromatic N) is 1. The molecule has 1 N–H and O–H groups in total. The lowest BCUT2D eigenvalue weighted by Crippen LogP contribution is -2.32. The summed E-state index contributed by atoms with van der Waals surface area (Å²) in [6.07, 6.45) is 7.03. The monoisotopic (exact) mass is 250 g/mol. The van der Waals surface area contributed by atoms with Crippen molar-refractivity contribution in [1.82, 2.24) is 10.3 Å². The van der Waals surface area contributed by atoms with Crippen molar-refractivity contribution in [2.24, 2.45) is 11.8 Å². The predicted octanol–water partition coefficient (Wildman–Crippen LogP) is 3.68. The highest BCUT2D eigenvalue weighted by atomic mass is 32.1. The van der Waals surface area contributed by atoms with E-state index in [0.29, 0.717) is 12.1 Å². The van der Waals surface area contributed by atoms with Gasteiger partial charge in [-0.05, 0) is 44.9 Å². The molecule has 17 heavy (non-hydrogen) atoms. The molecular weight excluding hydrogens is 228 g/mol. The van der Waals surface area contributed by atoms with E-state index in [1.165, 1.54) is 42.8 Å². The molecule has 2 nitrogen and oxygen atoms in total. The summed E-state index contributed by atoms with van der Waals surface area (Å²) in [7, 11) is 0. The highest BCUT2D eigenvalue weighted by Gasteiger charge is 2.35. The first-order valence-corrected chi connectivity index (χ1v) is 7.78. The van der Waals surface area contributed by atoms with Crippen LogP contribution in [0.25, 0.3) is 0 Å². The number of aromatic nitrogens is 1. The van der Waals surface area contributed by atoms with E-state index < -0.39 is 0 Å². The van der Waals surface area contributed by atoms with Crippen LogP contribution in [0.15, 0.2) is 5.38 Å². The van der Waals surface area contributed by atoms with Crippen LogP contribution in [0.5, 0.6) is 0 Å². The van der Waals surface area contributed by atoms with E-state index >= 15 is 0 Å². The number of aryl methyl sites for hydroxylation is 1. The lowest BCUT2D eigenvalue weighted by atomic mass is 10.1. The van der Waals surface area contributed by atoms with Gasteiger partial charge in [-0.2, -0.15) is 0 Å². The Morgan fingerprint density at radius 1 is 1.41 bits per heavy atom. The standard InChI is InChI=1S/C14H22N2S/c1-9(7-11-3-4-11)15-13(12-5-6-12)14-16-10(2)8-17-14/h8-9,11-13,15H,3-7H2,1-2H3/t9-,13+/m1/s1. The quantitative estimate of drug-likeness (QED) is 0.833. The Hall–Kier alpha value is -0.410. The minimum atomic E-state index is 0.530. The molecule has 3 rings (SSSR count). The van der Waals surface area contributed by atoms with Crippen molar-refractivity contribution in [2.75, 3.05) is 0 Å². The van der Waals surface area contributed by atoms with Crippen molar-refractivity contribution in [1.29, 1.82) is 0 Å². The summed E-state index contributed by atoms with van der Waals surface area (Å²) in [5, 5.41) is 7.32. The zero-order chi connectivity index (χ0) is 11.8. The van der Waals surface area contributed by atoms with E-state index in [1.54, 1.807) is 0 Å². The second kappa shape index (κ2) is 4.69. The molecule has 2 aliphatic rings. The van der Waals surface area contributed by atoms with Gasteiger partial charge in [0.1, 0.15) is 5.01 Å². The third-order valence-corrected chi connectivity index (χ3v) is 4.89. The smallest absolute Gasteiger partial charge is 0.110 e. The van der Waals surface area contributed by atoms with Crippen LogP contribution >= 0.6 is 11.3 Å². The van der Waals surface area contributed by atoms with Crippen molar-refractivity contribution in [3.63, 3.8) is 0 Å². The lowest BCUT2D eigenvalue weighted by molar-refractivity contribution is 0.391. The fourth-order valence-electron chi connectivity index (χ4n) is 2.58. The van der Waals surface area contributed by atoms with Gasteiger partial charge in [0.25, 0.3) is 0 Å². The fourth-order valence-corrected chi connectivity index (χ4v) is 3.53. The zero-order valence-electron chi connectivity index (χ0n) is 10.8. The first kappa shape index (κ1) is 11.7. The Kier molecular flexibility index (Phi) is 3.22. The number of hydrogen-bond acceptors (Lipinski definition) is 3. The SMILES string of the molecule is Cc1csc([C@@H](N[C@H](C)CC2CC2)C2CC2)n1. The van der Waals surface area contributed by atoms with E-state index in [9.17, 15) is 0 Å². The van der Waals surface area contributed by atoms with Gasteiger partial charge in [0.05, 0.1) is 6.04 Å². The average molecular weight is 250 g/mol. The molecule has 0 aliphatic heterocycles. The van der Waals surface area contributed by atoms with Crippen LogP contribution in [0.1, 0.15) is 55.8 Å². The van der Waals surface area contributed by atoms with Crippen LogP contribution in [-0.2, 0) is 0 Å². The first-order chi connectivity index (χ1) is 8.22. The summed E-state index contributed by atoms with van der Waals surface area (Å²) in [4.78, 5) is 4.68. The molecule has 0 amide bonds. The topological polar surface area (TPSA) is 24.9 Å². The molecule has 0 saturated heterocycles. The van der Waals surface area contributed by atoms with Gasteiger partial charge in [-0.25, -0.2) is 4.98 Å². The van der Waals surface area contributed by atoms with E-state index in [4.69, 9.17) is 0 Å². The minimum Gasteiger partial charge on any atom is -0.305 e. The Bertz CT molecular complexity index is 379. The van der Waals surface area contributed by atoms with Crippen LogP contribution in [-0.4, -0.2) is 11.0 Å². The summed E-state index contributed by atoms with van der Waals surface area (Å²) in [6.45, 7) is 4.44. The normalized spacial score (nSPS) is 23.6. The summed E-state index contributed by atoms with van der Waals surface area (Å²) in [5.41, 5.74) is 1.17. The third kappa shape index (κ3) is 3.08. The van der Waals surface area contributed by atoms with Crippen molar-refractivity contribution >= 4 is 11.3 Å². The van der Waals surface area contributed by atoms with E-state index in [1.807, 2.05) is 11.3 Å². The third-order valence-electron chi connectivity index (χ3n) is 3.84. The van der Waals surface area contributed by atoms with E-state index in [-0.39, 0.29) is 0 Å². The van der Waals surface area contributed by atoms with Crippen LogP contribution < -0.4 is 5.32 Å². The minimum absolute atomic E-state index is 0.530. The van der Waals surface area contributed by atoms with Gasteiger partial charge < -0.3 is 5.32 Å². The van der Waals surface area contributed by atoms with Gasteiger partial charge in [0, 0.05) is 17.1 Å². The van der Waals surface area contributed by atoms with Gasteiger partial charge in [0.15, 0.2) is 0 Å². The Morgan fingerprint density at radius 2 is 2.18 bits per heavy atom. The van der Waals surface area contributed by atoms with E-state index in [0.717, 1.165) is 11.8 Å². The molecule has 2 atom stereocenters. The van der Waals surface area contributed by atoms with Gasteiger partial charge in [-0.3, -0.25) is 0 Å². The molecule has 1 heterocycles. The lowest BCUT2D eigenvalue weighted by Gasteiger charge is -2.21. The maximum Gasteiger partial charge on any atom is 0.110 e. The average Bonchev–Trinajstić information content (AvgIpc) is 3.17. The van der Waals surface area contributed by atoms with Crippen molar-refractivity contribution in [3.05, 3.63) is 16.1 Å². The molecule has 0 aromatic carbocycles. The second-order valence-corrected chi connectivity index (χ2v) is 6.78. The summed E-state index contributed by atoms with van der Waals surface area (Å²) < 4.78 is 0. The first-order valence-electron chi connectivity index (χ1n) is 6.90. The molecule has 2 saturated carbocycles. The highest BCUT2D eigenvalue weighted by molar-refractivity contribution is 7.09. The molecule has 3 heteroatoms. The molecule has 0 bridgehead atoms. The molecule has 0 unspecified atom stereocenters. The molecule has 1 aromatic rings. The molecule has 2 fully saturated rings. The van der Waals surface area contributed by atoms with E-state index in [2.05, 4.69) is 29.5 Å². The number of rotatable bonds is 6. The Labute approximate surface area is 108 Å². The van der Waals surface area contributed by atoms with Gasteiger partial charge in [-0.15, -0.1) is 11.3 Å². The van der Waals surface area contributed by atoms with Crippen molar-refractivity contribution in [3.8, 4) is 0 Å². The summed E-state index contributed by atoms with van der Waals surface area (Å²) >= 11 is 1.83. The van der Waals surface area contributed by atoms with Gasteiger partial charge in [0.2, 0.25) is 0 Å². The predicted molar refractivity (Wildman–Crippen MR) is 72.3 cm³/mol. The largest absolute Gasteiger partial charge is 0.305 e. The van der Waals surface area contributed by atoms with Crippen LogP contribution in [0.2, 0.25) is 0 Å². The second-order valence-electron chi connectivity index (χ2n) is 5.89. The van der Waals surface area contributed by atoms with Gasteiger partial charge in [-0.1, -0.05) is 12.8 Å². The number of nitrogens with one attached hydrogen (secondary N) is 1. The molecule has 2 aliphatic carbocycles. The molecule has 1 aromatic heterocycles. The fraction of sp³-hybridized carbons (Fsp3) is 0.786. The van der Waals surface area contributed by atoms with Gasteiger partial charge >= 0.3 is 0 Å². The van der Waals surface area contributed by atoms with Crippen molar-refractivity contribution < 1.29 is 0 Å². The van der Waals surface area contributed by atoms with Crippen LogP contribution in [0.4, 0.5) is 0 Å². The Balaban J connectivity index is 1.62. The molecular formula is C14H22N2S. The summed E-state index contributed by atoms with van der Waals surface area (Å²) in [5.74, 6) is 1.86. The molecule has 94 valence electrons. The number of thiazole rings is 1. The zero-order valence-corrected chi connectivity index (χ0v) is 11.6. The Morgan fingerprint density at radius 3 is 2.71 bits per heavy atom. The highest BCUT2D eigenvalue weighted by Crippen LogP contribution is 2.42. The maximum atomic E-state index is 4.68. The van der Waals surface area contributed by atoms with Crippen LogP contribution in [0.3, 0.4) is 0 Å².